The molecular weight excluding hydrogens is 298 g/mol. The summed E-state index contributed by atoms with van der Waals surface area (Å²) in [7, 11) is 1.86. The largest absolute Gasteiger partial charge is 0.457 e. The molecule has 1 fully saturated rings. The fourth-order valence-electron chi connectivity index (χ4n) is 3.84. The molecule has 4 heteroatoms. The molecule has 0 radical (unpaired) electrons. The maximum atomic E-state index is 12.8. The van der Waals surface area contributed by atoms with E-state index in [2.05, 4.69) is 6.92 Å². The summed E-state index contributed by atoms with van der Waals surface area (Å²) in [5.74, 6) is 1.42. The van der Waals surface area contributed by atoms with Gasteiger partial charge in [0.25, 0.3) is 0 Å². The van der Waals surface area contributed by atoms with Gasteiger partial charge in [-0.2, -0.15) is 0 Å². The molecule has 2 aromatic rings. The highest BCUT2D eigenvalue weighted by Gasteiger charge is 2.53. The molecule has 2 atom stereocenters. The predicted molar refractivity (Wildman–Crippen MR) is 85.7 cm³/mol. The van der Waals surface area contributed by atoms with Gasteiger partial charge in [-0.1, -0.05) is 36.7 Å². The molecule has 1 saturated heterocycles. The molecular formula is C18H16ClNO2. The fraction of sp³-hybridized carbons (Fsp3) is 0.278. The maximum Gasteiger partial charge on any atom is 0.230 e. The van der Waals surface area contributed by atoms with Crippen LogP contribution in [0.5, 0.6) is 11.5 Å². The highest BCUT2D eigenvalue weighted by atomic mass is 35.5. The molecule has 1 amide bonds. The third kappa shape index (κ3) is 1.72. The monoisotopic (exact) mass is 313 g/mol. The molecule has 3 nitrogen and oxygen atoms in total. The Labute approximate surface area is 134 Å². The van der Waals surface area contributed by atoms with Gasteiger partial charge in [-0.3, -0.25) is 4.79 Å². The molecule has 0 aromatic heterocycles. The Morgan fingerprint density at radius 2 is 2.00 bits per heavy atom. The number of likely N-dealkylation sites (N-methyl/N-ethyl adjacent to an activating group) is 1. The van der Waals surface area contributed by atoms with Crippen LogP contribution in [0.3, 0.4) is 0 Å². The quantitative estimate of drug-likeness (QED) is 0.737. The van der Waals surface area contributed by atoms with Gasteiger partial charge in [0, 0.05) is 35.2 Å². The molecule has 0 saturated carbocycles. The van der Waals surface area contributed by atoms with E-state index in [0.29, 0.717) is 11.6 Å². The standard InChI is InChI=1S/C18H16ClNO2/c1-18-10-20(2)17(21)16(18)12-5-3-4-6-14(12)22-15-8-7-11(19)9-13(15)18/h3-9,16H,10H2,1-2H3/t16-,18-/m1/s1. The zero-order valence-electron chi connectivity index (χ0n) is 12.5. The second-order valence-electron chi connectivity index (χ2n) is 6.33. The highest BCUT2D eigenvalue weighted by molar-refractivity contribution is 6.30. The van der Waals surface area contributed by atoms with E-state index in [9.17, 15) is 4.79 Å². The number of hydrogen-bond acceptors (Lipinski definition) is 2. The predicted octanol–water partition coefficient (Wildman–Crippen LogP) is 3.96. The van der Waals surface area contributed by atoms with Gasteiger partial charge in [0.05, 0.1) is 5.92 Å². The molecule has 112 valence electrons. The molecule has 2 heterocycles. The van der Waals surface area contributed by atoms with Crippen molar-refractivity contribution >= 4 is 17.5 Å². The van der Waals surface area contributed by atoms with Crippen molar-refractivity contribution in [1.82, 2.24) is 4.90 Å². The zero-order chi connectivity index (χ0) is 15.5. The van der Waals surface area contributed by atoms with Crippen molar-refractivity contribution in [2.24, 2.45) is 0 Å². The summed E-state index contributed by atoms with van der Waals surface area (Å²) in [6.07, 6.45) is 0. The SMILES string of the molecule is CN1C[C@]2(C)c3cc(Cl)ccc3Oc3ccccc3[C@@H]2C1=O. The van der Waals surface area contributed by atoms with Crippen LogP contribution in [-0.4, -0.2) is 24.4 Å². The minimum Gasteiger partial charge on any atom is -0.457 e. The van der Waals surface area contributed by atoms with Gasteiger partial charge in [0.15, 0.2) is 0 Å². The Bertz CT molecular complexity index is 788. The van der Waals surface area contributed by atoms with Crippen molar-refractivity contribution in [1.29, 1.82) is 0 Å². The van der Waals surface area contributed by atoms with Crippen molar-refractivity contribution in [3.63, 3.8) is 0 Å². The van der Waals surface area contributed by atoms with Gasteiger partial charge in [-0.25, -0.2) is 0 Å². The Hall–Kier alpha value is -2.00. The lowest BCUT2D eigenvalue weighted by molar-refractivity contribution is -0.127. The molecule has 2 aliphatic heterocycles. The summed E-state index contributed by atoms with van der Waals surface area (Å²) in [5.41, 5.74) is 1.60. The molecule has 2 aromatic carbocycles. The number of ether oxygens (including phenoxy) is 1. The Kier molecular flexibility index (Phi) is 2.79. The van der Waals surface area contributed by atoms with Crippen molar-refractivity contribution < 1.29 is 9.53 Å². The minimum absolute atomic E-state index is 0.131. The highest BCUT2D eigenvalue weighted by Crippen LogP contribution is 2.53. The number of nitrogens with zero attached hydrogens (tertiary/aromatic N) is 1. The first kappa shape index (κ1) is 13.6. The van der Waals surface area contributed by atoms with Crippen molar-refractivity contribution in [3.05, 3.63) is 58.6 Å². The average molecular weight is 314 g/mol. The lowest BCUT2D eigenvalue weighted by Crippen LogP contribution is -2.30. The van der Waals surface area contributed by atoms with E-state index in [1.807, 2.05) is 49.5 Å². The Morgan fingerprint density at radius 1 is 1.23 bits per heavy atom. The van der Waals surface area contributed by atoms with E-state index in [-0.39, 0.29) is 17.2 Å². The van der Waals surface area contributed by atoms with Gasteiger partial charge in [-0.05, 0) is 24.3 Å². The third-order valence-electron chi connectivity index (χ3n) is 4.83. The van der Waals surface area contributed by atoms with Crippen LogP contribution < -0.4 is 4.74 Å². The number of halogens is 1. The first-order valence-corrected chi connectivity index (χ1v) is 7.70. The summed E-state index contributed by atoms with van der Waals surface area (Å²) in [5, 5.41) is 0.662. The molecule has 0 bridgehead atoms. The van der Waals surface area contributed by atoms with Gasteiger partial charge < -0.3 is 9.64 Å². The zero-order valence-corrected chi connectivity index (χ0v) is 13.2. The van der Waals surface area contributed by atoms with Gasteiger partial charge in [0.2, 0.25) is 5.91 Å². The lowest BCUT2D eigenvalue weighted by Gasteiger charge is -2.28. The van der Waals surface area contributed by atoms with E-state index in [4.69, 9.17) is 16.3 Å². The van der Waals surface area contributed by atoms with Crippen LogP contribution in [0, 0.1) is 0 Å². The number of benzene rings is 2. The van der Waals surface area contributed by atoms with Crippen LogP contribution in [0.25, 0.3) is 0 Å². The number of amides is 1. The van der Waals surface area contributed by atoms with Crippen molar-refractivity contribution in [2.45, 2.75) is 18.3 Å². The van der Waals surface area contributed by atoms with E-state index >= 15 is 0 Å². The second kappa shape index (κ2) is 4.50. The van der Waals surface area contributed by atoms with E-state index in [1.165, 1.54) is 0 Å². The topological polar surface area (TPSA) is 29.5 Å². The van der Waals surface area contributed by atoms with Crippen LogP contribution in [0.1, 0.15) is 24.0 Å². The molecule has 0 aliphatic carbocycles. The van der Waals surface area contributed by atoms with Gasteiger partial charge in [-0.15, -0.1) is 0 Å². The first-order valence-electron chi connectivity index (χ1n) is 7.32. The smallest absolute Gasteiger partial charge is 0.230 e. The van der Waals surface area contributed by atoms with Crippen LogP contribution >= 0.6 is 11.6 Å². The Morgan fingerprint density at radius 3 is 2.82 bits per heavy atom. The molecule has 0 unspecified atom stereocenters. The van der Waals surface area contributed by atoms with Crippen LogP contribution in [-0.2, 0) is 10.2 Å². The Balaban J connectivity index is 2.05. The van der Waals surface area contributed by atoms with Crippen molar-refractivity contribution in [2.75, 3.05) is 13.6 Å². The fourth-order valence-corrected chi connectivity index (χ4v) is 4.01. The normalized spacial score (nSPS) is 25.9. The number of rotatable bonds is 0. The molecule has 4 rings (SSSR count). The second-order valence-corrected chi connectivity index (χ2v) is 6.76. The number of carbonyl (C=O) groups is 1. The van der Waals surface area contributed by atoms with Crippen LogP contribution in [0.15, 0.2) is 42.5 Å². The van der Waals surface area contributed by atoms with Crippen molar-refractivity contribution in [3.8, 4) is 11.5 Å². The molecule has 22 heavy (non-hydrogen) atoms. The first-order chi connectivity index (χ1) is 10.5. The van der Waals surface area contributed by atoms with Gasteiger partial charge >= 0.3 is 0 Å². The van der Waals surface area contributed by atoms with E-state index in [1.54, 1.807) is 4.90 Å². The minimum atomic E-state index is -0.349. The number of fused-ring (bicyclic) bond motifs is 5. The number of likely N-dealkylation sites (tertiary alicyclic amines) is 1. The number of para-hydroxylation sites is 1. The molecule has 2 aliphatic rings. The van der Waals surface area contributed by atoms with Gasteiger partial charge in [0.1, 0.15) is 11.5 Å². The van der Waals surface area contributed by atoms with E-state index in [0.717, 1.165) is 22.6 Å². The lowest BCUT2D eigenvalue weighted by atomic mass is 9.71. The third-order valence-corrected chi connectivity index (χ3v) is 5.07. The summed E-state index contributed by atoms with van der Waals surface area (Å²) < 4.78 is 6.11. The number of hydrogen-bond donors (Lipinski definition) is 0. The average Bonchev–Trinajstić information content (AvgIpc) is 2.66. The summed E-state index contributed by atoms with van der Waals surface area (Å²) in [4.78, 5) is 14.6. The summed E-state index contributed by atoms with van der Waals surface area (Å²) in [6.45, 7) is 2.78. The summed E-state index contributed by atoms with van der Waals surface area (Å²) >= 11 is 6.21. The van der Waals surface area contributed by atoms with Crippen LogP contribution in [0.2, 0.25) is 5.02 Å². The summed E-state index contributed by atoms with van der Waals surface area (Å²) in [6, 6.07) is 13.4. The van der Waals surface area contributed by atoms with Crippen LogP contribution in [0.4, 0.5) is 0 Å². The molecule has 0 spiro atoms. The number of carbonyl (C=O) groups excluding carboxylic acids is 1. The molecule has 0 N–H and O–H groups in total. The van der Waals surface area contributed by atoms with E-state index < -0.39 is 0 Å². The maximum absolute atomic E-state index is 12.8.